The lowest BCUT2D eigenvalue weighted by atomic mass is 9.74. The van der Waals surface area contributed by atoms with Crippen LogP contribution in [0.2, 0.25) is 0 Å². The topological polar surface area (TPSA) is 57.5 Å². The molecule has 0 aliphatic heterocycles. The molecule has 20 heavy (non-hydrogen) atoms. The van der Waals surface area contributed by atoms with Crippen molar-refractivity contribution in [2.45, 2.75) is 45.6 Å². The normalized spacial score (nSPS) is 24.4. The van der Waals surface area contributed by atoms with Crippen LogP contribution in [0.25, 0.3) is 0 Å². The Morgan fingerprint density at radius 3 is 2.55 bits per heavy atom. The Balaban J connectivity index is 2.32. The number of carbonyl (C=O) groups is 1. The molecule has 0 amide bonds. The van der Waals surface area contributed by atoms with Crippen molar-refractivity contribution in [2.75, 3.05) is 0 Å². The summed E-state index contributed by atoms with van der Waals surface area (Å²) in [5.74, 6) is -1.39. The van der Waals surface area contributed by atoms with Crippen molar-refractivity contribution in [1.82, 2.24) is 0 Å². The summed E-state index contributed by atoms with van der Waals surface area (Å²) in [5, 5.41) is 20.0. The fraction of sp³-hybridized carbons (Fsp3) is 0.562. The first kappa shape index (κ1) is 15.5. The second kappa shape index (κ2) is 6.27. The van der Waals surface area contributed by atoms with Crippen LogP contribution in [0.1, 0.15) is 48.5 Å². The highest BCUT2D eigenvalue weighted by Crippen LogP contribution is 2.40. The summed E-state index contributed by atoms with van der Waals surface area (Å²) >= 11 is 3.48. The highest BCUT2D eigenvalue weighted by molar-refractivity contribution is 9.10. The maximum atomic E-state index is 11.4. The summed E-state index contributed by atoms with van der Waals surface area (Å²) in [6.45, 7) is 3.94. The fourth-order valence-corrected chi connectivity index (χ4v) is 3.65. The first-order chi connectivity index (χ1) is 9.41. The number of hydrogen-bond acceptors (Lipinski definition) is 2. The van der Waals surface area contributed by atoms with Gasteiger partial charge in [-0.15, -0.1) is 0 Å². The van der Waals surface area contributed by atoms with E-state index in [9.17, 15) is 15.0 Å². The zero-order valence-corrected chi connectivity index (χ0v) is 13.5. The van der Waals surface area contributed by atoms with Gasteiger partial charge in [-0.25, -0.2) is 0 Å². The minimum Gasteiger partial charge on any atom is -0.481 e. The lowest BCUT2D eigenvalue weighted by Gasteiger charge is -2.33. The first-order valence-corrected chi connectivity index (χ1v) is 7.88. The standard InChI is InChI=1S/C16H21BrO3/c1-9-8-14(17)10(2)7-13(9)15(18)11-5-3-4-6-12(11)16(19)20/h7-8,11-12,15,18H,3-6H2,1-2H3,(H,19,20). The quantitative estimate of drug-likeness (QED) is 0.874. The predicted octanol–water partition coefficient (Wildman–Crippen LogP) is 3.99. The lowest BCUT2D eigenvalue weighted by Crippen LogP contribution is -2.31. The molecule has 2 rings (SSSR count). The van der Waals surface area contributed by atoms with Crippen molar-refractivity contribution < 1.29 is 15.0 Å². The van der Waals surface area contributed by atoms with Crippen LogP contribution in [0.15, 0.2) is 16.6 Å². The van der Waals surface area contributed by atoms with Gasteiger partial charge in [0.05, 0.1) is 12.0 Å². The molecule has 1 aromatic carbocycles. The van der Waals surface area contributed by atoms with Crippen LogP contribution in [0.4, 0.5) is 0 Å². The minimum absolute atomic E-state index is 0.180. The van der Waals surface area contributed by atoms with E-state index in [0.717, 1.165) is 40.4 Å². The molecule has 3 unspecified atom stereocenters. The number of carboxylic acid groups (broad SMARTS) is 1. The smallest absolute Gasteiger partial charge is 0.306 e. The van der Waals surface area contributed by atoms with Gasteiger partial charge in [0.2, 0.25) is 0 Å². The maximum absolute atomic E-state index is 11.4. The van der Waals surface area contributed by atoms with Crippen LogP contribution in [0, 0.1) is 25.7 Å². The number of aryl methyl sites for hydroxylation is 2. The van der Waals surface area contributed by atoms with Crippen LogP contribution in [0.3, 0.4) is 0 Å². The van der Waals surface area contributed by atoms with Gasteiger partial charge in [0.15, 0.2) is 0 Å². The number of halogens is 1. The van der Waals surface area contributed by atoms with Gasteiger partial charge in [0.1, 0.15) is 0 Å². The molecule has 0 heterocycles. The van der Waals surface area contributed by atoms with Gasteiger partial charge in [-0.05, 0) is 49.4 Å². The summed E-state index contributed by atoms with van der Waals surface area (Å²) in [6.07, 6.45) is 2.71. The van der Waals surface area contributed by atoms with Crippen molar-refractivity contribution in [3.8, 4) is 0 Å². The van der Waals surface area contributed by atoms with E-state index in [2.05, 4.69) is 15.9 Å². The summed E-state index contributed by atoms with van der Waals surface area (Å²) in [5.41, 5.74) is 2.93. The molecule has 1 saturated carbocycles. The third kappa shape index (κ3) is 3.07. The minimum atomic E-state index is -0.778. The van der Waals surface area contributed by atoms with Crippen LogP contribution in [-0.4, -0.2) is 16.2 Å². The van der Waals surface area contributed by atoms with E-state index in [4.69, 9.17) is 0 Å². The van der Waals surface area contributed by atoms with E-state index < -0.39 is 18.0 Å². The molecular weight excluding hydrogens is 320 g/mol. The average Bonchev–Trinajstić information content (AvgIpc) is 2.42. The number of carboxylic acids is 1. The Morgan fingerprint density at radius 2 is 1.90 bits per heavy atom. The molecule has 110 valence electrons. The number of benzene rings is 1. The Kier molecular flexibility index (Phi) is 4.86. The molecule has 3 atom stereocenters. The van der Waals surface area contributed by atoms with Crippen LogP contribution in [-0.2, 0) is 4.79 Å². The molecule has 2 N–H and O–H groups in total. The molecular formula is C16H21BrO3. The maximum Gasteiger partial charge on any atom is 0.306 e. The van der Waals surface area contributed by atoms with Gasteiger partial charge < -0.3 is 10.2 Å². The van der Waals surface area contributed by atoms with E-state index >= 15 is 0 Å². The zero-order valence-electron chi connectivity index (χ0n) is 11.9. The predicted molar refractivity (Wildman–Crippen MR) is 81.7 cm³/mol. The summed E-state index contributed by atoms with van der Waals surface area (Å²) in [4.78, 5) is 11.4. The highest BCUT2D eigenvalue weighted by atomic mass is 79.9. The Labute approximate surface area is 128 Å². The van der Waals surface area contributed by atoms with Crippen molar-refractivity contribution in [1.29, 1.82) is 0 Å². The molecule has 0 spiro atoms. The molecule has 1 aromatic rings. The number of aliphatic hydroxyl groups excluding tert-OH is 1. The van der Waals surface area contributed by atoms with E-state index in [0.29, 0.717) is 6.42 Å². The number of rotatable bonds is 3. The molecule has 3 nitrogen and oxygen atoms in total. The lowest BCUT2D eigenvalue weighted by molar-refractivity contribution is -0.147. The molecule has 4 heteroatoms. The summed E-state index contributed by atoms with van der Waals surface area (Å²) < 4.78 is 1.02. The second-order valence-corrected chi connectivity index (χ2v) is 6.65. The molecule has 0 saturated heterocycles. The number of aliphatic hydroxyl groups is 1. The molecule has 1 aliphatic carbocycles. The van der Waals surface area contributed by atoms with Crippen molar-refractivity contribution >= 4 is 21.9 Å². The van der Waals surface area contributed by atoms with Crippen molar-refractivity contribution in [3.63, 3.8) is 0 Å². The van der Waals surface area contributed by atoms with Gasteiger partial charge in [-0.3, -0.25) is 4.79 Å². The zero-order chi connectivity index (χ0) is 14.9. The molecule has 0 aromatic heterocycles. The number of aliphatic carboxylic acids is 1. The fourth-order valence-electron chi connectivity index (χ4n) is 3.20. The van der Waals surface area contributed by atoms with Gasteiger partial charge in [0.25, 0.3) is 0 Å². The SMILES string of the molecule is Cc1cc(C(O)C2CCCCC2C(=O)O)c(C)cc1Br. The largest absolute Gasteiger partial charge is 0.481 e. The van der Waals surface area contributed by atoms with E-state index in [1.807, 2.05) is 26.0 Å². The Morgan fingerprint density at radius 1 is 1.25 bits per heavy atom. The molecule has 0 radical (unpaired) electrons. The van der Waals surface area contributed by atoms with Gasteiger partial charge >= 0.3 is 5.97 Å². The summed E-state index contributed by atoms with van der Waals surface area (Å²) in [6, 6.07) is 3.96. The van der Waals surface area contributed by atoms with Crippen molar-refractivity contribution in [3.05, 3.63) is 33.3 Å². The third-order valence-corrected chi connectivity index (χ3v) is 5.26. The second-order valence-electron chi connectivity index (χ2n) is 5.80. The number of hydrogen-bond donors (Lipinski definition) is 2. The molecule has 0 bridgehead atoms. The first-order valence-electron chi connectivity index (χ1n) is 7.09. The monoisotopic (exact) mass is 340 g/mol. The molecule has 1 fully saturated rings. The third-order valence-electron chi connectivity index (χ3n) is 4.41. The van der Waals surface area contributed by atoms with Crippen LogP contribution in [0.5, 0.6) is 0 Å². The average molecular weight is 341 g/mol. The Hall–Kier alpha value is -0.870. The van der Waals surface area contributed by atoms with E-state index in [1.165, 1.54) is 0 Å². The van der Waals surface area contributed by atoms with Gasteiger partial charge in [0, 0.05) is 10.4 Å². The summed E-state index contributed by atoms with van der Waals surface area (Å²) in [7, 11) is 0. The van der Waals surface area contributed by atoms with Crippen LogP contribution < -0.4 is 0 Å². The molecule has 1 aliphatic rings. The van der Waals surface area contributed by atoms with Crippen LogP contribution >= 0.6 is 15.9 Å². The van der Waals surface area contributed by atoms with E-state index in [1.54, 1.807) is 0 Å². The van der Waals surface area contributed by atoms with E-state index in [-0.39, 0.29) is 5.92 Å². The van der Waals surface area contributed by atoms with Crippen molar-refractivity contribution in [2.24, 2.45) is 11.8 Å². The van der Waals surface area contributed by atoms with Gasteiger partial charge in [-0.2, -0.15) is 0 Å². The highest BCUT2D eigenvalue weighted by Gasteiger charge is 2.36. The van der Waals surface area contributed by atoms with Gasteiger partial charge in [-0.1, -0.05) is 34.8 Å². The Bertz CT molecular complexity index is 513.